The first-order chi connectivity index (χ1) is 12.2. The van der Waals surface area contributed by atoms with Crippen LogP contribution < -0.4 is 0 Å². The van der Waals surface area contributed by atoms with Gasteiger partial charge in [0.1, 0.15) is 5.82 Å². The fourth-order valence-corrected chi connectivity index (χ4v) is 3.06. The van der Waals surface area contributed by atoms with E-state index in [1.807, 2.05) is 0 Å². The molecule has 2 fully saturated rings. The Morgan fingerprint density at radius 1 is 0.960 bits per heavy atom. The quantitative estimate of drug-likeness (QED) is 0.720. The summed E-state index contributed by atoms with van der Waals surface area (Å²) >= 11 is 0. The van der Waals surface area contributed by atoms with Gasteiger partial charge in [-0.05, 0) is 31.4 Å². The highest BCUT2D eigenvalue weighted by Gasteiger charge is 2.26. The lowest BCUT2D eigenvalue weighted by Gasteiger charge is -2.32. The largest absolute Gasteiger partial charge is 0.352 e. The van der Waals surface area contributed by atoms with Crippen LogP contribution in [0.15, 0.2) is 36.4 Å². The van der Waals surface area contributed by atoms with E-state index < -0.39 is 6.29 Å². The molecule has 2 aliphatic rings. The second kappa shape index (κ2) is 9.43. The summed E-state index contributed by atoms with van der Waals surface area (Å²) in [6.07, 6.45) is 6.64. The standard InChI is InChI=1S/C20H27FO4/c1-2-3-4-15-11-22-19(23-12-15)10-5-16-13-24-20(25-14-16)17-6-8-18(21)9-7-17/h3-4,6-9,15-16,19-20H,2,5,10-14H2,1H3/t15-,16-,19-,20-. The Morgan fingerprint density at radius 2 is 1.64 bits per heavy atom. The molecule has 0 unspecified atom stereocenters. The van der Waals surface area contributed by atoms with Crippen LogP contribution >= 0.6 is 0 Å². The van der Waals surface area contributed by atoms with Crippen LogP contribution in [0, 0.1) is 17.7 Å². The Morgan fingerprint density at radius 3 is 2.28 bits per heavy atom. The minimum Gasteiger partial charge on any atom is -0.352 e. The van der Waals surface area contributed by atoms with E-state index in [1.54, 1.807) is 12.1 Å². The van der Waals surface area contributed by atoms with Crippen molar-refractivity contribution in [3.63, 3.8) is 0 Å². The molecule has 0 saturated carbocycles. The Labute approximate surface area is 148 Å². The highest BCUT2D eigenvalue weighted by Crippen LogP contribution is 2.28. The molecule has 3 rings (SSSR count). The zero-order valence-corrected chi connectivity index (χ0v) is 14.7. The summed E-state index contributed by atoms with van der Waals surface area (Å²) in [5.74, 6) is 0.452. The number of halogens is 1. The van der Waals surface area contributed by atoms with Gasteiger partial charge in [0.05, 0.1) is 26.4 Å². The SMILES string of the molecule is CCC=C[C@H]1CO[C@H](CC[C@H]2CO[C@H](c3ccc(F)cc3)OC2)OC1. The molecule has 1 aromatic rings. The van der Waals surface area contributed by atoms with E-state index in [1.165, 1.54) is 12.1 Å². The maximum absolute atomic E-state index is 13.0. The van der Waals surface area contributed by atoms with E-state index in [0.29, 0.717) is 25.0 Å². The molecule has 2 saturated heterocycles. The molecule has 5 heteroatoms. The zero-order chi connectivity index (χ0) is 17.5. The number of hydrogen-bond donors (Lipinski definition) is 0. The first-order valence-electron chi connectivity index (χ1n) is 9.13. The van der Waals surface area contributed by atoms with Crippen LogP contribution in [0.4, 0.5) is 4.39 Å². The molecule has 25 heavy (non-hydrogen) atoms. The monoisotopic (exact) mass is 350 g/mol. The van der Waals surface area contributed by atoms with Gasteiger partial charge in [0, 0.05) is 17.4 Å². The minimum atomic E-state index is -0.398. The van der Waals surface area contributed by atoms with Crippen LogP contribution in [-0.4, -0.2) is 32.7 Å². The maximum Gasteiger partial charge on any atom is 0.183 e. The number of hydrogen-bond acceptors (Lipinski definition) is 4. The summed E-state index contributed by atoms with van der Waals surface area (Å²) in [6.45, 7) is 4.85. The van der Waals surface area contributed by atoms with Crippen molar-refractivity contribution in [1.29, 1.82) is 0 Å². The fraction of sp³-hybridized carbons (Fsp3) is 0.600. The van der Waals surface area contributed by atoms with Crippen LogP contribution in [0.1, 0.15) is 38.0 Å². The molecule has 0 aromatic heterocycles. The molecule has 1 aromatic carbocycles. The van der Waals surface area contributed by atoms with Gasteiger partial charge in [0.15, 0.2) is 12.6 Å². The normalized spacial score (nSPS) is 30.6. The number of benzene rings is 1. The molecule has 0 spiro atoms. The van der Waals surface area contributed by atoms with Gasteiger partial charge < -0.3 is 18.9 Å². The molecular formula is C20H27FO4. The number of rotatable bonds is 6. The van der Waals surface area contributed by atoms with Gasteiger partial charge in [-0.1, -0.05) is 31.2 Å². The van der Waals surface area contributed by atoms with Gasteiger partial charge in [-0.25, -0.2) is 4.39 Å². The summed E-state index contributed by atoms with van der Waals surface area (Å²) in [5.41, 5.74) is 0.852. The number of allylic oxidation sites excluding steroid dienone is 1. The first kappa shape index (κ1) is 18.5. The second-order valence-corrected chi connectivity index (χ2v) is 6.69. The fourth-order valence-electron chi connectivity index (χ4n) is 3.06. The van der Waals surface area contributed by atoms with E-state index in [4.69, 9.17) is 18.9 Å². The Kier molecular flexibility index (Phi) is 6.99. The molecule has 0 bridgehead atoms. The van der Waals surface area contributed by atoms with Crippen molar-refractivity contribution in [2.45, 2.75) is 38.8 Å². The van der Waals surface area contributed by atoms with Gasteiger partial charge in [0.2, 0.25) is 0 Å². The Hall–Kier alpha value is -1.27. The lowest BCUT2D eigenvalue weighted by molar-refractivity contribution is -0.217. The maximum atomic E-state index is 13.0. The van der Waals surface area contributed by atoms with Crippen LogP contribution in [0.2, 0.25) is 0 Å². The van der Waals surface area contributed by atoms with Crippen molar-refractivity contribution < 1.29 is 23.3 Å². The van der Waals surface area contributed by atoms with Crippen LogP contribution in [0.25, 0.3) is 0 Å². The summed E-state index contributed by atoms with van der Waals surface area (Å²) in [6, 6.07) is 6.25. The predicted octanol–water partition coefficient (Wildman–Crippen LogP) is 4.22. The van der Waals surface area contributed by atoms with Gasteiger partial charge in [-0.3, -0.25) is 0 Å². The van der Waals surface area contributed by atoms with E-state index in [2.05, 4.69) is 19.1 Å². The van der Waals surface area contributed by atoms with E-state index in [9.17, 15) is 4.39 Å². The summed E-state index contributed by atoms with van der Waals surface area (Å²) < 4.78 is 36.1. The molecule has 2 aliphatic heterocycles. The predicted molar refractivity (Wildman–Crippen MR) is 92.4 cm³/mol. The molecule has 0 aliphatic carbocycles. The van der Waals surface area contributed by atoms with E-state index >= 15 is 0 Å². The zero-order valence-electron chi connectivity index (χ0n) is 14.7. The third kappa shape index (κ3) is 5.61. The lowest BCUT2D eigenvalue weighted by Crippen LogP contribution is -2.33. The van der Waals surface area contributed by atoms with E-state index in [-0.39, 0.29) is 12.1 Å². The Balaban J connectivity index is 1.34. The first-order valence-corrected chi connectivity index (χ1v) is 9.13. The third-order valence-corrected chi connectivity index (χ3v) is 4.56. The number of ether oxygens (including phenoxy) is 4. The summed E-state index contributed by atoms with van der Waals surface area (Å²) in [4.78, 5) is 0. The van der Waals surface area contributed by atoms with Crippen molar-refractivity contribution in [1.82, 2.24) is 0 Å². The summed E-state index contributed by atoms with van der Waals surface area (Å²) in [5, 5.41) is 0. The minimum absolute atomic E-state index is 0.124. The van der Waals surface area contributed by atoms with Gasteiger partial charge >= 0.3 is 0 Å². The average molecular weight is 350 g/mol. The third-order valence-electron chi connectivity index (χ3n) is 4.56. The molecule has 0 N–H and O–H groups in total. The highest BCUT2D eigenvalue weighted by molar-refractivity contribution is 5.17. The lowest BCUT2D eigenvalue weighted by atomic mass is 10.0. The molecule has 138 valence electrons. The van der Waals surface area contributed by atoms with Gasteiger partial charge in [-0.2, -0.15) is 0 Å². The van der Waals surface area contributed by atoms with Crippen molar-refractivity contribution >= 4 is 0 Å². The smallest absolute Gasteiger partial charge is 0.183 e. The van der Waals surface area contributed by atoms with Crippen LogP contribution in [-0.2, 0) is 18.9 Å². The van der Waals surface area contributed by atoms with Crippen molar-refractivity contribution in [3.05, 3.63) is 47.8 Å². The molecule has 0 amide bonds. The molecule has 0 radical (unpaired) electrons. The van der Waals surface area contributed by atoms with Crippen molar-refractivity contribution in [2.24, 2.45) is 11.8 Å². The molecule has 0 atom stereocenters. The second-order valence-electron chi connectivity index (χ2n) is 6.69. The van der Waals surface area contributed by atoms with Crippen LogP contribution in [0.5, 0.6) is 0 Å². The van der Waals surface area contributed by atoms with Crippen molar-refractivity contribution in [2.75, 3.05) is 26.4 Å². The van der Waals surface area contributed by atoms with Gasteiger partial charge in [0.25, 0.3) is 0 Å². The molecule has 4 nitrogen and oxygen atoms in total. The van der Waals surface area contributed by atoms with Gasteiger partial charge in [-0.15, -0.1) is 0 Å². The summed E-state index contributed by atoms with van der Waals surface area (Å²) in [7, 11) is 0. The van der Waals surface area contributed by atoms with Crippen molar-refractivity contribution in [3.8, 4) is 0 Å². The Bertz CT molecular complexity index is 529. The average Bonchev–Trinajstić information content (AvgIpc) is 2.67. The van der Waals surface area contributed by atoms with E-state index in [0.717, 1.165) is 38.0 Å². The highest BCUT2D eigenvalue weighted by atomic mass is 19.1. The topological polar surface area (TPSA) is 36.9 Å². The molecular weight excluding hydrogens is 323 g/mol. The van der Waals surface area contributed by atoms with Crippen LogP contribution in [0.3, 0.4) is 0 Å². The molecule has 2 heterocycles.